The average molecular weight is 577 g/mol. The second kappa shape index (κ2) is 13.5. The molecule has 0 radical (unpaired) electrons. The highest BCUT2D eigenvalue weighted by Crippen LogP contribution is 2.27. The first-order valence-corrected chi connectivity index (χ1v) is 14.6. The van der Waals surface area contributed by atoms with Crippen molar-refractivity contribution in [1.29, 1.82) is 0 Å². The van der Waals surface area contributed by atoms with Gasteiger partial charge in [0.2, 0.25) is 21.8 Å². The molecule has 0 saturated carbocycles. The maximum absolute atomic E-state index is 13.4. The van der Waals surface area contributed by atoms with E-state index in [0.717, 1.165) is 12.7 Å². The topological polar surface area (TPSA) is 86.8 Å². The first-order valence-electron chi connectivity index (χ1n) is 11.6. The molecular weight excluding hydrogens is 545 g/mol. The zero-order chi connectivity index (χ0) is 27.0. The first kappa shape index (κ1) is 30.2. The van der Waals surface area contributed by atoms with E-state index in [2.05, 4.69) is 5.32 Å². The van der Waals surface area contributed by atoms with Gasteiger partial charge in [0.15, 0.2) is 0 Å². The predicted octanol–water partition coefficient (Wildman–Crippen LogP) is 5.53. The number of nitrogens with zero attached hydrogens (tertiary/aromatic N) is 2. The van der Waals surface area contributed by atoms with Crippen LogP contribution in [0.15, 0.2) is 42.5 Å². The van der Waals surface area contributed by atoms with Crippen molar-refractivity contribution in [2.24, 2.45) is 0 Å². The molecule has 0 aliphatic rings. The summed E-state index contributed by atoms with van der Waals surface area (Å²) in [6.07, 6.45) is 2.08. The highest BCUT2D eigenvalue weighted by Gasteiger charge is 2.28. The van der Waals surface area contributed by atoms with Gasteiger partial charge in [-0.15, -0.1) is 0 Å². The Morgan fingerprint density at radius 1 is 1.03 bits per heavy atom. The van der Waals surface area contributed by atoms with Gasteiger partial charge in [-0.2, -0.15) is 0 Å². The molecule has 0 saturated heterocycles. The number of hydrogen-bond acceptors (Lipinski definition) is 4. The van der Waals surface area contributed by atoms with Gasteiger partial charge in [-0.25, -0.2) is 8.42 Å². The summed E-state index contributed by atoms with van der Waals surface area (Å²) in [5, 5.41) is 4.08. The summed E-state index contributed by atoms with van der Waals surface area (Å²) in [5.74, 6) is -0.616. The van der Waals surface area contributed by atoms with Crippen LogP contribution < -0.4 is 9.62 Å². The van der Waals surface area contributed by atoms with Crippen LogP contribution >= 0.6 is 34.8 Å². The van der Waals surface area contributed by atoms with E-state index in [9.17, 15) is 18.0 Å². The third-order valence-corrected chi connectivity index (χ3v) is 7.94. The normalized spacial score (nSPS) is 13.1. The van der Waals surface area contributed by atoms with Crippen molar-refractivity contribution < 1.29 is 18.0 Å². The minimum absolute atomic E-state index is 0.00953. The number of carbonyl (C=O) groups excluding carboxylic acids is 2. The molecule has 2 atom stereocenters. The zero-order valence-corrected chi connectivity index (χ0v) is 23.9. The zero-order valence-electron chi connectivity index (χ0n) is 20.8. The third kappa shape index (κ3) is 8.54. The van der Waals surface area contributed by atoms with Crippen molar-refractivity contribution in [1.82, 2.24) is 10.2 Å². The summed E-state index contributed by atoms with van der Waals surface area (Å²) < 4.78 is 26.0. The van der Waals surface area contributed by atoms with E-state index in [1.807, 2.05) is 13.8 Å². The summed E-state index contributed by atoms with van der Waals surface area (Å²) >= 11 is 18.7. The van der Waals surface area contributed by atoms with Crippen molar-refractivity contribution in [2.45, 2.75) is 58.7 Å². The Hall–Kier alpha value is -2.00. The minimum atomic E-state index is -3.61. The molecule has 0 fully saturated rings. The number of halogens is 3. The van der Waals surface area contributed by atoms with Crippen LogP contribution in [0.1, 0.15) is 45.6 Å². The standard InChI is InChI=1S/C25H32Cl3N3O4S/c1-5-17(2)29-25(33)18(3)30(16-21-22(27)11-7-12-23(21)28)24(32)13-8-14-31(36(4,34)35)20-10-6-9-19(26)15-20/h6-7,9-12,15,17-18H,5,8,13-14,16H2,1-4H3,(H,29,33)/t17-,18-/m0/s1. The van der Waals surface area contributed by atoms with Crippen LogP contribution in [0.25, 0.3) is 0 Å². The monoisotopic (exact) mass is 575 g/mol. The average Bonchev–Trinajstić information content (AvgIpc) is 2.80. The fraction of sp³-hybridized carbons (Fsp3) is 0.440. The van der Waals surface area contributed by atoms with Gasteiger partial charge in [0.25, 0.3) is 0 Å². The van der Waals surface area contributed by atoms with Crippen molar-refractivity contribution in [3.8, 4) is 0 Å². The van der Waals surface area contributed by atoms with Gasteiger partial charge in [-0.3, -0.25) is 13.9 Å². The van der Waals surface area contributed by atoms with Gasteiger partial charge in [-0.05, 0) is 57.0 Å². The predicted molar refractivity (Wildman–Crippen MR) is 147 cm³/mol. The minimum Gasteiger partial charge on any atom is -0.352 e. The fourth-order valence-corrected chi connectivity index (χ4v) is 5.20. The number of rotatable bonds is 12. The second-order valence-corrected chi connectivity index (χ2v) is 11.8. The molecule has 2 aromatic rings. The highest BCUT2D eigenvalue weighted by molar-refractivity contribution is 7.92. The second-order valence-electron chi connectivity index (χ2n) is 8.63. The largest absolute Gasteiger partial charge is 0.352 e. The Bertz CT molecular complexity index is 1160. The number of amides is 2. The molecule has 0 aliphatic carbocycles. The van der Waals surface area contributed by atoms with Gasteiger partial charge in [0, 0.05) is 46.2 Å². The van der Waals surface area contributed by atoms with Gasteiger partial charge in [-0.1, -0.05) is 53.9 Å². The summed E-state index contributed by atoms with van der Waals surface area (Å²) in [5.41, 5.74) is 0.951. The molecule has 7 nitrogen and oxygen atoms in total. The van der Waals surface area contributed by atoms with Crippen LogP contribution in [0.3, 0.4) is 0 Å². The van der Waals surface area contributed by atoms with E-state index in [4.69, 9.17) is 34.8 Å². The number of benzene rings is 2. The first-order chi connectivity index (χ1) is 16.8. The number of carbonyl (C=O) groups is 2. The Labute approximate surface area is 228 Å². The number of hydrogen-bond donors (Lipinski definition) is 1. The van der Waals surface area contributed by atoms with Crippen LogP contribution in [0.5, 0.6) is 0 Å². The van der Waals surface area contributed by atoms with Crippen molar-refractivity contribution in [3.05, 3.63) is 63.1 Å². The highest BCUT2D eigenvalue weighted by atomic mass is 35.5. The lowest BCUT2D eigenvalue weighted by atomic mass is 10.1. The van der Waals surface area contributed by atoms with E-state index in [1.54, 1.807) is 49.4 Å². The molecule has 0 spiro atoms. The third-order valence-electron chi connectivity index (χ3n) is 5.81. The van der Waals surface area contributed by atoms with E-state index >= 15 is 0 Å². The molecule has 0 heterocycles. The molecule has 0 aromatic heterocycles. The SMILES string of the molecule is CC[C@H](C)NC(=O)[C@H](C)N(Cc1c(Cl)cccc1Cl)C(=O)CCCN(c1cccc(Cl)c1)S(C)(=O)=O. The molecule has 0 bridgehead atoms. The number of anilines is 1. The number of nitrogens with one attached hydrogen (secondary N) is 1. The summed E-state index contributed by atoms with van der Waals surface area (Å²) in [7, 11) is -3.61. The van der Waals surface area contributed by atoms with Crippen LogP contribution in [-0.4, -0.2) is 50.0 Å². The Morgan fingerprint density at radius 2 is 1.64 bits per heavy atom. The molecule has 11 heteroatoms. The van der Waals surface area contributed by atoms with Crippen molar-refractivity contribution in [3.63, 3.8) is 0 Å². The number of sulfonamides is 1. The van der Waals surface area contributed by atoms with E-state index in [0.29, 0.717) is 26.3 Å². The van der Waals surface area contributed by atoms with Crippen molar-refractivity contribution in [2.75, 3.05) is 17.1 Å². The Balaban J connectivity index is 2.23. The van der Waals surface area contributed by atoms with Crippen LogP contribution in [0.2, 0.25) is 15.1 Å². The molecule has 0 unspecified atom stereocenters. The van der Waals surface area contributed by atoms with Crippen LogP contribution in [-0.2, 0) is 26.2 Å². The molecule has 36 heavy (non-hydrogen) atoms. The molecule has 2 aromatic carbocycles. The molecule has 198 valence electrons. The summed E-state index contributed by atoms with van der Waals surface area (Å²) in [6, 6.07) is 10.7. The van der Waals surface area contributed by atoms with Crippen LogP contribution in [0.4, 0.5) is 5.69 Å². The maximum Gasteiger partial charge on any atom is 0.242 e. The maximum atomic E-state index is 13.4. The van der Waals surface area contributed by atoms with Gasteiger partial charge >= 0.3 is 0 Å². The summed E-state index contributed by atoms with van der Waals surface area (Å²) in [4.78, 5) is 27.7. The smallest absolute Gasteiger partial charge is 0.242 e. The molecule has 2 amide bonds. The lowest BCUT2D eigenvalue weighted by molar-refractivity contribution is -0.140. The van der Waals surface area contributed by atoms with E-state index in [1.165, 1.54) is 9.21 Å². The summed E-state index contributed by atoms with van der Waals surface area (Å²) in [6.45, 7) is 5.59. The lowest BCUT2D eigenvalue weighted by Crippen LogP contribution is -2.49. The molecule has 0 aliphatic heterocycles. The van der Waals surface area contributed by atoms with E-state index in [-0.39, 0.29) is 43.8 Å². The van der Waals surface area contributed by atoms with Gasteiger partial charge in [0.05, 0.1) is 11.9 Å². The van der Waals surface area contributed by atoms with Crippen LogP contribution in [0, 0.1) is 0 Å². The molecule has 2 rings (SSSR count). The lowest BCUT2D eigenvalue weighted by Gasteiger charge is -2.30. The Morgan fingerprint density at radius 3 is 2.19 bits per heavy atom. The quantitative estimate of drug-likeness (QED) is 0.360. The molecular formula is C25H32Cl3N3O4S. The van der Waals surface area contributed by atoms with Gasteiger partial charge < -0.3 is 10.2 Å². The van der Waals surface area contributed by atoms with Crippen molar-refractivity contribution >= 4 is 62.3 Å². The fourth-order valence-electron chi connectivity index (χ4n) is 3.54. The van der Waals surface area contributed by atoms with Gasteiger partial charge in [0.1, 0.15) is 6.04 Å². The molecule has 1 N–H and O–H groups in total. The Kier molecular flexibility index (Phi) is 11.3. The van der Waals surface area contributed by atoms with E-state index < -0.39 is 16.1 Å².